The summed E-state index contributed by atoms with van der Waals surface area (Å²) in [5.41, 5.74) is 6.71. The molecule has 4 heteroatoms. The molecule has 1 aliphatic rings. The SMILES string of the molecule is NC1CCCC1C(=O)Nc1ccccc1Br. The largest absolute Gasteiger partial charge is 0.327 e. The van der Waals surface area contributed by atoms with E-state index in [4.69, 9.17) is 5.73 Å². The quantitative estimate of drug-likeness (QED) is 0.876. The summed E-state index contributed by atoms with van der Waals surface area (Å²) in [6, 6.07) is 7.62. The third-order valence-corrected chi connectivity index (χ3v) is 3.73. The van der Waals surface area contributed by atoms with Gasteiger partial charge in [-0.1, -0.05) is 18.6 Å². The Kier molecular flexibility index (Phi) is 3.61. The standard InChI is InChI=1S/C12H15BrN2O/c13-9-5-1-2-7-11(9)15-12(16)8-4-3-6-10(8)14/h1-2,5,7-8,10H,3-4,6,14H2,(H,15,16). The minimum absolute atomic E-state index is 0.0162. The molecule has 16 heavy (non-hydrogen) atoms. The minimum Gasteiger partial charge on any atom is -0.327 e. The van der Waals surface area contributed by atoms with Gasteiger partial charge in [-0.15, -0.1) is 0 Å². The molecule has 2 atom stereocenters. The van der Waals surface area contributed by atoms with E-state index in [2.05, 4.69) is 21.2 Å². The van der Waals surface area contributed by atoms with Gasteiger partial charge in [-0.25, -0.2) is 0 Å². The Balaban J connectivity index is 2.05. The van der Waals surface area contributed by atoms with E-state index in [1.54, 1.807) is 0 Å². The first kappa shape index (κ1) is 11.6. The third kappa shape index (κ3) is 2.44. The molecule has 2 unspecified atom stereocenters. The summed E-state index contributed by atoms with van der Waals surface area (Å²) < 4.78 is 0.898. The smallest absolute Gasteiger partial charge is 0.229 e. The number of halogens is 1. The number of anilines is 1. The molecule has 1 saturated carbocycles. The van der Waals surface area contributed by atoms with Crippen LogP contribution in [0.3, 0.4) is 0 Å². The number of amides is 1. The average Bonchev–Trinajstić information content (AvgIpc) is 2.68. The van der Waals surface area contributed by atoms with Gasteiger partial charge in [0.05, 0.1) is 11.6 Å². The van der Waals surface area contributed by atoms with E-state index in [1.165, 1.54) is 0 Å². The Bertz CT molecular complexity index is 394. The Labute approximate surface area is 104 Å². The molecule has 0 aromatic heterocycles. The zero-order valence-corrected chi connectivity index (χ0v) is 10.5. The fourth-order valence-corrected chi connectivity index (χ4v) is 2.49. The van der Waals surface area contributed by atoms with Gasteiger partial charge in [-0.2, -0.15) is 0 Å². The maximum absolute atomic E-state index is 12.0. The van der Waals surface area contributed by atoms with Crippen LogP contribution in [0, 0.1) is 5.92 Å². The lowest BCUT2D eigenvalue weighted by Crippen LogP contribution is -2.34. The predicted molar refractivity (Wildman–Crippen MR) is 68.1 cm³/mol. The van der Waals surface area contributed by atoms with Crippen molar-refractivity contribution in [1.82, 2.24) is 0 Å². The van der Waals surface area contributed by atoms with Crippen LogP contribution in [0.2, 0.25) is 0 Å². The Morgan fingerprint density at radius 2 is 2.12 bits per heavy atom. The van der Waals surface area contributed by atoms with Crippen molar-refractivity contribution < 1.29 is 4.79 Å². The minimum atomic E-state index is -0.0351. The third-order valence-electron chi connectivity index (χ3n) is 3.04. The van der Waals surface area contributed by atoms with Gasteiger partial charge >= 0.3 is 0 Å². The molecule has 2 rings (SSSR count). The van der Waals surface area contributed by atoms with Crippen LogP contribution < -0.4 is 11.1 Å². The van der Waals surface area contributed by atoms with E-state index in [1.807, 2.05) is 24.3 Å². The van der Waals surface area contributed by atoms with Crippen LogP contribution in [-0.2, 0) is 4.79 Å². The van der Waals surface area contributed by atoms with Crippen molar-refractivity contribution in [1.29, 1.82) is 0 Å². The lowest BCUT2D eigenvalue weighted by molar-refractivity contribution is -0.120. The topological polar surface area (TPSA) is 55.1 Å². The highest BCUT2D eigenvalue weighted by atomic mass is 79.9. The average molecular weight is 283 g/mol. The van der Waals surface area contributed by atoms with Gasteiger partial charge in [0.1, 0.15) is 0 Å². The van der Waals surface area contributed by atoms with Crippen molar-refractivity contribution in [2.45, 2.75) is 25.3 Å². The first-order valence-corrected chi connectivity index (χ1v) is 6.29. The maximum atomic E-state index is 12.0. The number of nitrogens with two attached hydrogens (primary N) is 1. The van der Waals surface area contributed by atoms with Crippen LogP contribution >= 0.6 is 15.9 Å². The Hall–Kier alpha value is -0.870. The molecule has 0 aliphatic heterocycles. The summed E-state index contributed by atoms with van der Waals surface area (Å²) >= 11 is 3.40. The van der Waals surface area contributed by atoms with E-state index >= 15 is 0 Å². The molecule has 1 amide bonds. The number of hydrogen-bond acceptors (Lipinski definition) is 2. The summed E-state index contributed by atoms with van der Waals surface area (Å²) in [6.07, 6.45) is 2.90. The highest BCUT2D eigenvalue weighted by Gasteiger charge is 2.30. The molecule has 1 aromatic rings. The lowest BCUT2D eigenvalue weighted by Gasteiger charge is -2.15. The highest BCUT2D eigenvalue weighted by Crippen LogP contribution is 2.27. The molecule has 0 spiro atoms. The van der Waals surface area contributed by atoms with Gasteiger partial charge in [-0.05, 0) is 40.9 Å². The molecule has 1 aromatic carbocycles. The van der Waals surface area contributed by atoms with Crippen molar-refractivity contribution in [3.05, 3.63) is 28.7 Å². The van der Waals surface area contributed by atoms with Gasteiger partial charge in [0.2, 0.25) is 5.91 Å². The molecule has 1 fully saturated rings. The van der Waals surface area contributed by atoms with E-state index < -0.39 is 0 Å². The number of hydrogen-bond donors (Lipinski definition) is 2. The van der Waals surface area contributed by atoms with E-state index in [9.17, 15) is 4.79 Å². The van der Waals surface area contributed by atoms with Crippen LogP contribution in [0.5, 0.6) is 0 Å². The summed E-state index contributed by atoms with van der Waals surface area (Å²) in [7, 11) is 0. The molecule has 0 heterocycles. The van der Waals surface area contributed by atoms with Crippen LogP contribution in [-0.4, -0.2) is 11.9 Å². The van der Waals surface area contributed by atoms with Crippen molar-refractivity contribution in [3.8, 4) is 0 Å². The molecule has 3 nitrogen and oxygen atoms in total. The number of benzene rings is 1. The number of rotatable bonds is 2. The van der Waals surface area contributed by atoms with Crippen LogP contribution in [0.15, 0.2) is 28.7 Å². The van der Waals surface area contributed by atoms with E-state index in [-0.39, 0.29) is 17.9 Å². The number of para-hydroxylation sites is 1. The first-order valence-electron chi connectivity index (χ1n) is 5.49. The highest BCUT2D eigenvalue weighted by molar-refractivity contribution is 9.10. The van der Waals surface area contributed by atoms with Crippen molar-refractivity contribution in [3.63, 3.8) is 0 Å². The van der Waals surface area contributed by atoms with Crippen molar-refractivity contribution in [2.24, 2.45) is 11.7 Å². The summed E-state index contributed by atoms with van der Waals surface area (Å²) in [5.74, 6) is 0.00371. The van der Waals surface area contributed by atoms with Gasteiger partial charge < -0.3 is 11.1 Å². The maximum Gasteiger partial charge on any atom is 0.229 e. The van der Waals surface area contributed by atoms with Crippen molar-refractivity contribution in [2.75, 3.05) is 5.32 Å². The van der Waals surface area contributed by atoms with Gasteiger partial charge in [0, 0.05) is 10.5 Å². The molecular weight excluding hydrogens is 268 g/mol. The number of nitrogens with one attached hydrogen (secondary N) is 1. The first-order chi connectivity index (χ1) is 7.68. The zero-order chi connectivity index (χ0) is 11.5. The molecule has 0 bridgehead atoms. The fraction of sp³-hybridized carbons (Fsp3) is 0.417. The normalized spacial score (nSPS) is 24.4. The lowest BCUT2D eigenvalue weighted by atomic mass is 10.0. The van der Waals surface area contributed by atoms with Crippen molar-refractivity contribution >= 4 is 27.5 Å². The van der Waals surface area contributed by atoms with Crippen LogP contribution in [0.25, 0.3) is 0 Å². The second kappa shape index (κ2) is 4.97. The second-order valence-electron chi connectivity index (χ2n) is 4.17. The van der Waals surface area contributed by atoms with E-state index in [0.717, 1.165) is 29.4 Å². The molecule has 86 valence electrons. The molecular formula is C12H15BrN2O. The molecule has 0 radical (unpaired) electrons. The zero-order valence-electron chi connectivity index (χ0n) is 8.95. The summed E-state index contributed by atoms with van der Waals surface area (Å²) in [6.45, 7) is 0. The number of carbonyl (C=O) groups is 1. The fourth-order valence-electron chi connectivity index (χ4n) is 2.10. The van der Waals surface area contributed by atoms with Gasteiger partial charge in [-0.3, -0.25) is 4.79 Å². The van der Waals surface area contributed by atoms with Crippen LogP contribution in [0.1, 0.15) is 19.3 Å². The summed E-state index contributed by atoms with van der Waals surface area (Å²) in [5, 5.41) is 2.92. The van der Waals surface area contributed by atoms with Gasteiger partial charge in [0.25, 0.3) is 0 Å². The van der Waals surface area contributed by atoms with Crippen LogP contribution in [0.4, 0.5) is 5.69 Å². The van der Waals surface area contributed by atoms with Gasteiger partial charge in [0.15, 0.2) is 0 Å². The summed E-state index contributed by atoms with van der Waals surface area (Å²) in [4.78, 5) is 12.0. The monoisotopic (exact) mass is 282 g/mol. The molecule has 0 saturated heterocycles. The molecule has 3 N–H and O–H groups in total. The van der Waals surface area contributed by atoms with E-state index in [0.29, 0.717) is 0 Å². The Morgan fingerprint density at radius 1 is 1.38 bits per heavy atom. The molecule has 1 aliphatic carbocycles. The predicted octanol–water partition coefficient (Wildman–Crippen LogP) is 2.52. The number of carbonyl (C=O) groups excluding carboxylic acids is 1. The Morgan fingerprint density at radius 3 is 2.75 bits per heavy atom. The second-order valence-corrected chi connectivity index (χ2v) is 5.02.